The smallest absolute Gasteiger partial charge is 0.162 e. The number of rotatable bonds is 4. The van der Waals surface area contributed by atoms with Gasteiger partial charge in [-0.2, -0.15) is 5.26 Å². The molecule has 0 bridgehead atoms. The monoisotopic (exact) mass is 317 g/mol. The Kier molecular flexibility index (Phi) is 4.43. The van der Waals surface area contributed by atoms with Crippen molar-refractivity contribution in [2.24, 2.45) is 0 Å². The van der Waals surface area contributed by atoms with Gasteiger partial charge in [-0.15, -0.1) is 0 Å². The lowest BCUT2D eigenvalue weighted by Crippen LogP contribution is -1.98. The van der Waals surface area contributed by atoms with Gasteiger partial charge in [0.15, 0.2) is 11.5 Å². The molecule has 0 atom stereocenters. The highest BCUT2D eigenvalue weighted by molar-refractivity contribution is 9.10. The summed E-state index contributed by atoms with van der Waals surface area (Å²) in [4.78, 5) is 0. The van der Waals surface area contributed by atoms with Gasteiger partial charge in [-0.25, -0.2) is 0 Å². The third-order valence-electron chi connectivity index (χ3n) is 2.63. The molecule has 0 N–H and O–H groups in total. The van der Waals surface area contributed by atoms with Gasteiger partial charge in [0.25, 0.3) is 0 Å². The molecule has 4 heteroatoms. The number of benzene rings is 2. The van der Waals surface area contributed by atoms with E-state index in [2.05, 4.69) is 22.0 Å². The summed E-state index contributed by atoms with van der Waals surface area (Å²) in [6.07, 6.45) is 0. The summed E-state index contributed by atoms with van der Waals surface area (Å²) in [5.41, 5.74) is 1.58. The highest BCUT2D eigenvalue weighted by atomic mass is 79.9. The largest absolute Gasteiger partial charge is 0.493 e. The van der Waals surface area contributed by atoms with Crippen LogP contribution in [0.15, 0.2) is 46.9 Å². The fraction of sp³-hybridized carbons (Fsp3) is 0.133. The molecule has 2 aromatic rings. The summed E-state index contributed by atoms with van der Waals surface area (Å²) in [5, 5.41) is 8.90. The fourth-order valence-corrected chi connectivity index (χ4v) is 2.03. The van der Waals surface area contributed by atoms with Gasteiger partial charge in [-0.3, -0.25) is 0 Å². The Hall–Kier alpha value is -1.99. The Labute approximate surface area is 120 Å². The van der Waals surface area contributed by atoms with Gasteiger partial charge in [0.2, 0.25) is 0 Å². The normalized spacial score (nSPS) is 9.74. The zero-order chi connectivity index (χ0) is 13.7. The van der Waals surface area contributed by atoms with Crippen molar-refractivity contribution in [3.8, 4) is 17.6 Å². The van der Waals surface area contributed by atoms with Crippen LogP contribution in [-0.2, 0) is 6.61 Å². The topological polar surface area (TPSA) is 42.2 Å². The number of hydrogen-bond acceptors (Lipinski definition) is 3. The van der Waals surface area contributed by atoms with E-state index in [9.17, 15) is 0 Å². The second-order valence-electron chi connectivity index (χ2n) is 3.86. The molecule has 0 spiro atoms. The Bertz CT molecular complexity index is 620. The molecule has 3 nitrogen and oxygen atoms in total. The van der Waals surface area contributed by atoms with E-state index in [0.717, 1.165) is 10.0 Å². The van der Waals surface area contributed by atoms with Crippen LogP contribution in [0.25, 0.3) is 0 Å². The van der Waals surface area contributed by atoms with E-state index in [0.29, 0.717) is 23.7 Å². The maximum Gasteiger partial charge on any atom is 0.162 e. The van der Waals surface area contributed by atoms with Gasteiger partial charge in [0.05, 0.1) is 18.7 Å². The first-order valence-corrected chi connectivity index (χ1v) is 6.48. The van der Waals surface area contributed by atoms with Gasteiger partial charge in [0.1, 0.15) is 6.61 Å². The molecule has 0 aromatic heterocycles. The van der Waals surface area contributed by atoms with Crippen LogP contribution in [0.2, 0.25) is 0 Å². The van der Waals surface area contributed by atoms with Crippen LogP contribution in [0.1, 0.15) is 11.1 Å². The number of nitriles is 1. The Morgan fingerprint density at radius 2 is 1.95 bits per heavy atom. The van der Waals surface area contributed by atoms with Gasteiger partial charge >= 0.3 is 0 Å². The predicted molar refractivity (Wildman–Crippen MR) is 76.2 cm³/mol. The Balaban J connectivity index is 2.19. The Morgan fingerprint density at radius 3 is 2.63 bits per heavy atom. The first kappa shape index (κ1) is 13.4. The van der Waals surface area contributed by atoms with E-state index in [1.165, 1.54) is 0 Å². The van der Waals surface area contributed by atoms with Gasteiger partial charge < -0.3 is 9.47 Å². The van der Waals surface area contributed by atoms with Crippen molar-refractivity contribution >= 4 is 15.9 Å². The first-order chi connectivity index (χ1) is 9.24. The van der Waals surface area contributed by atoms with Gasteiger partial charge in [0, 0.05) is 16.1 Å². The summed E-state index contributed by atoms with van der Waals surface area (Å²) in [7, 11) is 1.58. The minimum Gasteiger partial charge on any atom is -0.493 e. The summed E-state index contributed by atoms with van der Waals surface area (Å²) < 4.78 is 11.9. The minimum absolute atomic E-state index is 0.409. The molecule has 0 aliphatic carbocycles. The molecule has 0 saturated heterocycles. The van der Waals surface area contributed by atoms with E-state index in [1.54, 1.807) is 25.3 Å². The van der Waals surface area contributed by atoms with Gasteiger partial charge in [-0.05, 0) is 18.2 Å². The highest BCUT2D eigenvalue weighted by Gasteiger charge is 2.07. The van der Waals surface area contributed by atoms with Crippen molar-refractivity contribution < 1.29 is 9.47 Å². The second kappa shape index (κ2) is 6.26. The lowest BCUT2D eigenvalue weighted by atomic mass is 10.2. The first-order valence-electron chi connectivity index (χ1n) is 5.69. The van der Waals surface area contributed by atoms with E-state index in [4.69, 9.17) is 14.7 Å². The van der Waals surface area contributed by atoms with Crippen molar-refractivity contribution in [3.63, 3.8) is 0 Å². The van der Waals surface area contributed by atoms with Crippen LogP contribution < -0.4 is 9.47 Å². The van der Waals surface area contributed by atoms with Crippen molar-refractivity contribution in [2.45, 2.75) is 6.61 Å². The quantitative estimate of drug-likeness (QED) is 0.858. The summed E-state index contributed by atoms with van der Waals surface area (Å²) in [6.45, 7) is 0.409. The summed E-state index contributed by atoms with van der Waals surface area (Å²) in [5.74, 6) is 1.18. The summed E-state index contributed by atoms with van der Waals surface area (Å²) >= 11 is 3.47. The molecule has 0 aliphatic heterocycles. The molecule has 2 rings (SSSR count). The van der Waals surface area contributed by atoms with Gasteiger partial charge in [-0.1, -0.05) is 34.1 Å². The molecule has 2 aromatic carbocycles. The summed E-state index contributed by atoms with van der Waals surface area (Å²) in [6, 6.07) is 15.0. The van der Waals surface area contributed by atoms with E-state index < -0.39 is 0 Å². The van der Waals surface area contributed by atoms with Crippen molar-refractivity contribution in [1.82, 2.24) is 0 Å². The average Bonchev–Trinajstić information content (AvgIpc) is 2.46. The number of ether oxygens (including phenoxy) is 2. The molecule has 0 saturated carbocycles. The molecule has 96 valence electrons. The molecule has 0 amide bonds. The Morgan fingerprint density at radius 1 is 1.16 bits per heavy atom. The molecule has 19 heavy (non-hydrogen) atoms. The molecule has 0 radical (unpaired) electrons. The zero-order valence-corrected chi connectivity index (χ0v) is 12.0. The minimum atomic E-state index is 0.409. The number of hydrogen-bond donors (Lipinski definition) is 0. The lowest BCUT2D eigenvalue weighted by Gasteiger charge is -2.11. The average molecular weight is 318 g/mol. The molecule has 0 aliphatic rings. The van der Waals surface area contributed by atoms with E-state index >= 15 is 0 Å². The van der Waals surface area contributed by atoms with Crippen LogP contribution in [0.5, 0.6) is 11.5 Å². The SMILES string of the molecule is COc1ccc(C#N)cc1OCc1ccccc1Br. The second-order valence-corrected chi connectivity index (χ2v) is 4.71. The number of methoxy groups -OCH3 is 1. The van der Waals surface area contributed by atoms with Crippen LogP contribution in [0, 0.1) is 11.3 Å². The highest BCUT2D eigenvalue weighted by Crippen LogP contribution is 2.29. The number of halogens is 1. The van der Waals surface area contributed by atoms with Crippen molar-refractivity contribution in [1.29, 1.82) is 5.26 Å². The van der Waals surface area contributed by atoms with Crippen LogP contribution in [0.3, 0.4) is 0 Å². The molecule has 0 unspecified atom stereocenters. The van der Waals surface area contributed by atoms with Crippen molar-refractivity contribution in [3.05, 3.63) is 58.1 Å². The van der Waals surface area contributed by atoms with Crippen LogP contribution in [0.4, 0.5) is 0 Å². The standard InChI is InChI=1S/C15H12BrNO2/c1-18-14-7-6-11(9-17)8-15(14)19-10-12-4-2-3-5-13(12)16/h2-8H,10H2,1H3. The lowest BCUT2D eigenvalue weighted by molar-refractivity contribution is 0.284. The molecular formula is C15H12BrNO2. The molecule has 0 fully saturated rings. The van der Waals surface area contributed by atoms with Crippen LogP contribution >= 0.6 is 15.9 Å². The van der Waals surface area contributed by atoms with Crippen LogP contribution in [-0.4, -0.2) is 7.11 Å². The molecular weight excluding hydrogens is 306 g/mol. The maximum atomic E-state index is 8.90. The van der Waals surface area contributed by atoms with Crippen molar-refractivity contribution in [2.75, 3.05) is 7.11 Å². The third kappa shape index (κ3) is 3.27. The predicted octanol–water partition coefficient (Wildman–Crippen LogP) is 3.91. The number of nitrogens with zero attached hydrogens (tertiary/aromatic N) is 1. The fourth-order valence-electron chi connectivity index (χ4n) is 1.63. The maximum absolute atomic E-state index is 8.90. The third-order valence-corrected chi connectivity index (χ3v) is 3.41. The zero-order valence-electron chi connectivity index (χ0n) is 10.4. The molecule has 0 heterocycles. The van der Waals surface area contributed by atoms with E-state index in [1.807, 2.05) is 24.3 Å². The van der Waals surface area contributed by atoms with E-state index in [-0.39, 0.29) is 0 Å².